The molecule has 0 aliphatic carbocycles. The molecule has 7 heteroatoms. The monoisotopic (exact) mass is 484 g/mol. The molecule has 0 bridgehead atoms. The summed E-state index contributed by atoms with van der Waals surface area (Å²) < 4.78 is 10.8. The van der Waals surface area contributed by atoms with E-state index >= 15 is 0 Å². The zero-order valence-corrected chi connectivity index (χ0v) is 20.5. The van der Waals surface area contributed by atoms with Crippen LogP contribution in [0.3, 0.4) is 0 Å². The number of hydrogen-bond donors (Lipinski definition) is 1. The standard InChI is InChI=1S/C29H28N2O5/c1-4-30(5-2)21-12-9-19(10-13-21)26-25(27(32)20-11-14-23-24(16-20)36-17-35-23)28(33)29(34)31(26)22-8-6-7-18(3)15-22/h6-16,26,32H,4-5,17H2,1-3H3/b27-25-. The number of ketones is 1. The number of rotatable bonds is 6. The number of aliphatic hydroxyl groups is 1. The molecule has 1 atom stereocenters. The third kappa shape index (κ3) is 3.96. The van der Waals surface area contributed by atoms with Crippen LogP contribution in [-0.4, -0.2) is 36.7 Å². The van der Waals surface area contributed by atoms with Gasteiger partial charge in [-0.05, 0) is 74.4 Å². The number of benzene rings is 3. The van der Waals surface area contributed by atoms with E-state index in [0.29, 0.717) is 22.7 Å². The number of anilines is 2. The quantitative estimate of drug-likeness (QED) is 0.295. The zero-order valence-electron chi connectivity index (χ0n) is 20.5. The van der Waals surface area contributed by atoms with Crippen molar-refractivity contribution in [1.29, 1.82) is 0 Å². The summed E-state index contributed by atoms with van der Waals surface area (Å²) in [5.74, 6) is -0.618. The van der Waals surface area contributed by atoms with E-state index in [2.05, 4.69) is 18.7 Å². The molecule has 2 aliphatic rings. The Labute approximate surface area is 210 Å². The van der Waals surface area contributed by atoms with Gasteiger partial charge in [0.2, 0.25) is 6.79 Å². The lowest BCUT2D eigenvalue weighted by Gasteiger charge is -2.27. The van der Waals surface area contributed by atoms with Crippen LogP contribution >= 0.6 is 0 Å². The average Bonchev–Trinajstić information content (AvgIpc) is 3.46. The van der Waals surface area contributed by atoms with Crippen LogP contribution in [0.25, 0.3) is 5.76 Å². The van der Waals surface area contributed by atoms with Crippen LogP contribution in [0.2, 0.25) is 0 Å². The van der Waals surface area contributed by atoms with E-state index in [0.717, 1.165) is 29.9 Å². The lowest BCUT2D eigenvalue weighted by Crippen LogP contribution is -2.29. The Kier molecular flexibility index (Phi) is 6.14. The Morgan fingerprint density at radius 1 is 0.972 bits per heavy atom. The van der Waals surface area contributed by atoms with Crippen molar-refractivity contribution in [3.8, 4) is 11.5 Å². The molecule has 2 heterocycles. The fraction of sp³-hybridized carbons (Fsp3) is 0.241. The van der Waals surface area contributed by atoms with Gasteiger partial charge in [-0.1, -0.05) is 24.3 Å². The van der Waals surface area contributed by atoms with Crippen molar-refractivity contribution < 1.29 is 24.2 Å². The van der Waals surface area contributed by atoms with Crippen LogP contribution in [0.4, 0.5) is 11.4 Å². The molecule has 0 saturated carbocycles. The topological polar surface area (TPSA) is 79.3 Å². The largest absolute Gasteiger partial charge is 0.507 e. The number of fused-ring (bicyclic) bond motifs is 1. The summed E-state index contributed by atoms with van der Waals surface area (Å²) in [6, 6.07) is 19.4. The third-order valence-corrected chi connectivity index (χ3v) is 6.71. The minimum absolute atomic E-state index is 0.0379. The maximum absolute atomic E-state index is 13.4. The van der Waals surface area contributed by atoms with E-state index in [1.165, 1.54) is 4.90 Å². The van der Waals surface area contributed by atoms with Crippen LogP contribution in [0, 0.1) is 6.92 Å². The summed E-state index contributed by atoms with van der Waals surface area (Å²) >= 11 is 0. The summed E-state index contributed by atoms with van der Waals surface area (Å²) in [5.41, 5.74) is 3.75. The molecule has 7 nitrogen and oxygen atoms in total. The molecule has 1 unspecified atom stereocenters. The highest BCUT2D eigenvalue weighted by atomic mass is 16.7. The Balaban J connectivity index is 1.67. The second kappa shape index (κ2) is 9.41. The highest BCUT2D eigenvalue weighted by molar-refractivity contribution is 6.51. The molecule has 184 valence electrons. The maximum Gasteiger partial charge on any atom is 0.300 e. The molecule has 5 rings (SSSR count). The summed E-state index contributed by atoms with van der Waals surface area (Å²) in [4.78, 5) is 30.5. The number of ether oxygens (including phenoxy) is 2. The first-order chi connectivity index (χ1) is 17.4. The van der Waals surface area contributed by atoms with E-state index in [1.807, 2.05) is 49.4 Å². The highest BCUT2D eigenvalue weighted by Gasteiger charge is 2.47. The first-order valence-electron chi connectivity index (χ1n) is 12.1. The van der Waals surface area contributed by atoms with Gasteiger partial charge in [-0.15, -0.1) is 0 Å². The minimum Gasteiger partial charge on any atom is -0.507 e. The van der Waals surface area contributed by atoms with Crippen molar-refractivity contribution in [2.24, 2.45) is 0 Å². The fourth-order valence-electron chi connectivity index (χ4n) is 4.85. The first kappa shape index (κ1) is 23.5. The second-order valence-electron chi connectivity index (χ2n) is 8.84. The number of carbonyl (C=O) groups excluding carboxylic acids is 2. The Morgan fingerprint density at radius 3 is 2.39 bits per heavy atom. The average molecular weight is 485 g/mol. The van der Waals surface area contributed by atoms with E-state index in [1.54, 1.807) is 24.3 Å². The second-order valence-corrected chi connectivity index (χ2v) is 8.84. The summed E-state index contributed by atoms with van der Waals surface area (Å²) in [6.07, 6.45) is 0. The van der Waals surface area contributed by atoms with Crippen molar-refractivity contribution in [3.05, 3.63) is 89.0 Å². The van der Waals surface area contributed by atoms with Crippen molar-refractivity contribution in [2.45, 2.75) is 26.8 Å². The van der Waals surface area contributed by atoms with Crippen LogP contribution in [0.1, 0.15) is 36.6 Å². The maximum atomic E-state index is 13.4. The Hall–Kier alpha value is -4.26. The molecule has 2 aliphatic heterocycles. The van der Waals surface area contributed by atoms with Crippen LogP contribution in [0.15, 0.2) is 72.3 Å². The molecule has 1 saturated heterocycles. The molecule has 1 amide bonds. The molecule has 3 aromatic rings. The number of carbonyl (C=O) groups is 2. The number of amides is 1. The van der Waals surface area contributed by atoms with Crippen molar-refractivity contribution in [1.82, 2.24) is 0 Å². The van der Waals surface area contributed by atoms with Gasteiger partial charge in [-0.25, -0.2) is 0 Å². The lowest BCUT2D eigenvalue weighted by molar-refractivity contribution is -0.132. The van der Waals surface area contributed by atoms with Crippen molar-refractivity contribution >= 4 is 28.8 Å². The predicted molar refractivity (Wildman–Crippen MR) is 139 cm³/mol. The van der Waals surface area contributed by atoms with Gasteiger partial charge in [0.1, 0.15) is 5.76 Å². The Morgan fingerprint density at radius 2 is 1.69 bits per heavy atom. The molecular weight excluding hydrogens is 456 g/mol. The van der Waals surface area contributed by atoms with Crippen LogP contribution in [0.5, 0.6) is 11.5 Å². The third-order valence-electron chi connectivity index (χ3n) is 6.71. The number of Topliss-reactive ketones (excluding diaryl/α,β-unsaturated/α-hetero) is 1. The van der Waals surface area contributed by atoms with Crippen LogP contribution in [-0.2, 0) is 9.59 Å². The molecule has 0 aromatic heterocycles. The summed E-state index contributed by atoms with van der Waals surface area (Å²) in [7, 11) is 0. The molecule has 0 spiro atoms. The van der Waals surface area contributed by atoms with Gasteiger partial charge in [0.15, 0.2) is 11.5 Å². The lowest BCUT2D eigenvalue weighted by atomic mass is 9.94. The summed E-state index contributed by atoms with van der Waals surface area (Å²) in [6.45, 7) is 7.94. The molecule has 1 N–H and O–H groups in total. The number of hydrogen-bond acceptors (Lipinski definition) is 6. The first-order valence-corrected chi connectivity index (χ1v) is 12.1. The highest BCUT2D eigenvalue weighted by Crippen LogP contribution is 2.43. The van der Waals surface area contributed by atoms with Gasteiger partial charge in [-0.2, -0.15) is 0 Å². The smallest absolute Gasteiger partial charge is 0.300 e. The van der Waals surface area contributed by atoms with Gasteiger partial charge in [0.25, 0.3) is 11.7 Å². The van der Waals surface area contributed by atoms with E-state index in [-0.39, 0.29) is 18.1 Å². The van der Waals surface area contributed by atoms with E-state index in [9.17, 15) is 14.7 Å². The van der Waals surface area contributed by atoms with Crippen LogP contribution < -0.4 is 19.3 Å². The molecular formula is C29H28N2O5. The molecule has 1 fully saturated rings. The van der Waals surface area contributed by atoms with Gasteiger partial charge in [0, 0.05) is 30.0 Å². The van der Waals surface area contributed by atoms with Gasteiger partial charge in [-0.3, -0.25) is 14.5 Å². The number of aliphatic hydroxyl groups excluding tert-OH is 1. The molecule has 0 radical (unpaired) electrons. The predicted octanol–water partition coefficient (Wildman–Crippen LogP) is 5.20. The van der Waals surface area contributed by atoms with Gasteiger partial charge >= 0.3 is 0 Å². The number of aryl methyl sites for hydroxylation is 1. The minimum atomic E-state index is -0.789. The zero-order chi connectivity index (χ0) is 25.4. The SMILES string of the molecule is CCN(CC)c1ccc(C2/C(=C(/O)c3ccc4c(c3)OCO4)C(=O)C(=O)N2c2cccc(C)c2)cc1. The van der Waals surface area contributed by atoms with Gasteiger partial charge < -0.3 is 19.5 Å². The Bertz CT molecular complexity index is 1360. The van der Waals surface area contributed by atoms with E-state index < -0.39 is 17.7 Å². The van der Waals surface area contributed by atoms with Gasteiger partial charge in [0.05, 0.1) is 11.6 Å². The van der Waals surface area contributed by atoms with Crippen molar-refractivity contribution in [3.63, 3.8) is 0 Å². The fourth-order valence-corrected chi connectivity index (χ4v) is 4.85. The normalized spacial score (nSPS) is 18.1. The van der Waals surface area contributed by atoms with Crippen molar-refractivity contribution in [2.75, 3.05) is 29.7 Å². The molecule has 36 heavy (non-hydrogen) atoms. The van der Waals surface area contributed by atoms with E-state index in [4.69, 9.17) is 9.47 Å². The number of nitrogens with zero attached hydrogens (tertiary/aromatic N) is 2. The molecule has 3 aromatic carbocycles. The summed E-state index contributed by atoms with van der Waals surface area (Å²) in [5, 5.41) is 11.4.